The predicted octanol–water partition coefficient (Wildman–Crippen LogP) is 6.64. The van der Waals surface area contributed by atoms with Gasteiger partial charge >= 0.3 is 5.97 Å². The molecule has 0 fully saturated rings. The average Bonchev–Trinajstić information content (AvgIpc) is 2.58. The number of aliphatic carboxylic acids is 1. The Hall–Kier alpha value is -1.57. The van der Waals surface area contributed by atoms with Crippen LogP contribution in [0.25, 0.3) is 6.08 Å². The van der Waals surface area contributed by atoms with Gasteiger partial charge in [0.15, 0.2) is 0 Å². The molecule has 24 heavy (non-hydrogen) atoms. The van der Waals surface area contributed by atoms with Crippen LogP contribution in [0.15, 0.2) is 30.3 Å². The maximum atomic E-state index is 10.7. The number of hydrogen-bond acceptors (Lipinski definition) is 1. The van der Waals surface area contributed by atoms with Gasteiger partial charge in [0.05, 0.1) is 0 Å². The predicted molar refractivity (Wildman–Crippen MR) is 103 cm³/mol. The number of hydrogen-bond donors (Lipinski definition) is 1. The summed E-state index contributed by atoms with van der Waals surface area (Å²) in [6.45, 7) is 2.26. The highest BCUT2D eigenvalue weighted by Crippen LogP contribution is 2.15. The van der Waals surface area contributed by atoms with E-state index in [1.165, 1.54) is 57.8 Å². The number of unbranched alkanes of at least 4 members (excludes halogenated alkanes) is 9. The summed E-state index contributed by atoms with van der Waals surface area (Å²) >= 11 is 0. The SMILES string of the molecule is CCCCCCCCCCCC=Cc1ccccc1CCC(=O)O. The van der Waals surface area contributed by atoms with Gasteiger partial charge in [-0.1, -0.05) is 94.7 Å². The van der Waals surface area contributed by atoms with Gasteiger partial charge in [-0.2, -0.15) is 0 Å². The first-order chi connectivity index (χ1) is 11.7. The topological polar surface area (TPSA) is 37.3 Å². The van der Waals surface area contributed by atoms with Gasteiger partial charge in [-0.15, -0.1) is 0 Å². The number of benzene rings is 1. The van der Waals surface area contributed by atoms with E-state index in [9.17, 15) is 4.79 Å². The van der Waals surface area contributed by atoms with E-state index in [2.05, 4.69) is 25.1 Å². The smallest absolute Gasteiger partial charge is 0.303 e. The van der Waals surface area contributed by atoms with E-state index < -0.39 is 5.97 Å². The van der Waals surface area contributed by atoms with Gasteiger partial charge in [-0.25, -0.2) is 0 Å². The van der Waals surface area contributed by atoms with Crippen LogP contribution in [0.4, 0.5) is 0 Å². The van der Waals surface area contributed by atoms with Crippen molar-refractivity contribution in [1.82, 2.24) is 0 Å². The number of aryl methyl sites for hydroxylation is 1. The summed E-state index contributed by atoms with van der Waals surface area (Å²) in [5.74, 6) is -0.733. The first kappa shape index (κ1) is 20.5. The molecular weight excluding hydrogens is 296 g/mol. The number of allylic oxidation sites excluding steroid dienone is 1. The minimum Gasteiger partial charge on any atom is -0.481 e. The first-order valence-electron chi connectivity index (χ1n) is 9.70. The Balaban J connectivity index is 2.15. The second-order valence-electron chi connectivity index (χ2n) is 6.61. The van der Waals surface area contributed by atoms with Crippen LogP contribution in [0.2, 0.25) is 0 Å². The molecule has 0 radical (unpaired) electrons. The van der Waals surface area contributed by atoms with E-state index in [0.29, 0.717) is 6.42 Å². The van der Waals surface area contributed by atoms with Gasteiger partial charge in [0.1, 0.15) is 0 Å². The fourth-order valence-corrected chi connectivity index (χ4v) is 2.95. The summed E-state index contributed by atoms with van der Waals surface area (Å²) in [7, 11) is 0. The molecule has 0 aliphatic heterocycles. The van der Waals surface area contributed by atoms with Crippen LogP contribution in [0.3, 0.4) is 0 Å². The normalized spacial score (nSPS) is 11.2. The third-order valence-electron chi connectivity index (χ3n) is 4.44. The van der Waals surface area contributed by atoms with Gasteiger partial charge in [-0.3, -0.25) is 4.79 Å². The molecule has 0 atom stereocenters. The largest absolute Gasteiger partial charge is 0.481 e. The lowest BCUT2D eigenvalue weighted by atomic mass is 10.0. The van der Waals surface area contributed by atoms with E-state index in [1.807, 2.05) is 18.2 Å². The average molecular weight is 331 g/mol. The number of carbonyl (C=O) groups is 1. The molecule has 0 aliphatic carbocycles. The molecule has 1 rings (SSSR count). The van der Waals surface area contributed by atoms with E-state index in [0.717, 1.165) is 17.5 Å². The summed E-state index contributed by atoms with van der Waals surface area (Å²) in [6.07, 6.45) is 18.5. The molecule has 2 heteroatoms. The van der Waals surface area contributed by atoms with E-state index in [4.69, 9.17) is 5.11 Å². The van der Waals surface area contributed by atoms with Gasteiger partial charge in [0, 0.05) is 6.42 Å². The first-order valence-corrected chi connectivity index (χ1v) is 9.70. The molecule has 0 saturated carbocycles. The highest BCUT2D eigenvalue weighted by atomic mass is 16.4. The molecule has 0 amide bonds. The maximum Gasteiger partial charge on any atom is 0.303 e. The lowest BCUT2D eigenvalue weighted by Crippen LogP contribution is -1.98. The van der Waals surface area contributed by atoms with Crippen molar-refractivity contribution >= 4 is 12.0 Å². The molecule has 2 nitrogen and oxygen atoms in total. The van der Waals surface area contributed by atoms with Crippen LogP contribution < -0.4 is 0 Å². The molecular formula is C22H34O2. The Morgan fingerprint density at radius 1 is 0.958 bits per heavy atom. The van der Waals surface area contributed by atoms with E-state index >= 15 is 0 Å². The van der Waals surface area contributed by atoms with Crippen molar-refractivity contribution in [3.63, 3.8) is 0 Å². The monoisotopic (exact) mass is 330 g/mol. The minimum atomic E-state index is -0.733. The Morgan fingerprint density at radius 2 is 1.58 bits per heavy atom. The second-order valence-corrected chi connectivity index (χ2v) is 6.61. The van der Waals surface area contributed by atoms with Crippen molar-refractivity contribution in [2.24, 2.45) is 0 Å². The Bertz CT molecular complexity index is 477. The van der Waals surface area contributed by atoms with E-state index in [-0.39, 0.29) is 6.42 Å². The maximum absolute atomic E-state index is 10.7. The van der Waals surface area contributed by atoms with Gasteiger partial charge in [0.2, 0.25) is 0 Å². The molecule has 1 aromatic rings. The Kier molecular flexibility index (Phi) is 11.8. The zero-order valence-electron chi connectivity index (χ0n) is 15.3. The van der Waals surface area contributed by atoms with Crippen molar-refractivity contribution in [3.8, 4) is 0 Å². The number of rotatable bonds is 14. The van der Waals surface area contributed by atoms with Gasteiger partial charge in [-0.05, 0) is 30.4 Å². The summed E-state index contributed by atoms with van der Waals surface area (Å²) in [4.78, 5) is 10.7. The van der Waals surface area contributed by atoms with Crippen molar-refractivity contribution in [2.75, 3.05) is 0 Å². The molecule has 0 aliphatic rings. The standard InChI is InChI=1S/C22H34O2/c1-2-3-4-5-6-7-8-9-10-11-12-15-20-16-13-14-17-21(20)18-19-22(23)24/h12-17H,2-11,18-19H2,1H3,(H,23,24). The van der Waals surface area contributed by atoms with Gasteiger partial charge < -0.3 is 5.11 Å². The van der Waals surface area contributed by atoms with Crippen LogP contribution in [0, 0.1) is 0 Å². The third kappa shape index (κ3) is 10.3. The molecule has 0 saturated heterocycles. The van der Waals surface area contributed by atoms with Crippen LogP contribution in [-0.4, -0.2) is 11.1 Å². The van der Waals surface area contributed by atoms with Crippen molar-refractivity contribution in [3.05, 3.63) is 41.5 Å². The molecule has 0 spiro atoms. The van der Waals surface area contributed by atoms with Crippen molar-refractivity contribution in [1.29, 1.82) is 0 Å². The molecule has 0 unspecified atom stereocenters. The Labute approximate surface area is 148 Å². The van der Waals surface area contributed by atoms with Crippen molar-refractivity contribution in [2.45, 2.75) is 84.0 Å². The van der Waals surface area contributed by atoms with Gasteiger partial charge in [0.25, 0.3) is 0 Å². The van der Waals surface area contributed by atoms with Crippen molar-refractivity contribution < 1.29 is 9.90 Å². The number of carboxylic acids is 1. The molecule has 0 aromatic heterocycles. The van der Waals surface area contributed by atoms with E-state index in [1.54, 1.807) is 0 Å². The summed E-state index contributed by atoms with van der Waals surface area (Å²) < 4.78 is 0. The summed E-state index contributed by atoms with van der Waals surface area (Å²) in [5.41, 5.74) is 2.29. The molecule has 0 bridgehead atoms. The quantitative estimate of drug-likeness (QED) is 0.388. The van der Waals surface area contributed by atoms with Crippen LogP contribution in [0.5, 0.6) is 0 Å². The van der Waals surface area contributed by atoms with Crippen LogP contribution >= 0.6 is 0 Å². The minimum absolute atomic E-state index is 0.198. The zero-order chi connectivity index (χ0) is 17.5. The highest BCUT2D eigenvalue weighted by molar-refractivity contribution is 5.67. The van der Waals surface area contributed by atoms with Crippen LogP contribution in [-0.2, 0) is 11.2 Å². The molecule has 1 aromatic carbocycles. The number of carboxylic acid groups (broad SMARTS) is 1. The molecule has 0 heterocycles. The molecule has 1 N–H and O–H groups in total. The zero-order valence-corrected chi connectivity index (χ0v) is 15.3. The fourth-order valence-electron chi connectivity index (χ4n) is 2.95. The lowest BCUT2D eigenvalue weighted by molar-refractivity contribution is -0.136. The Morgan fingerprint density at radius 3 is 2.25 bits per heavy atom. The molecule has 134 valence electrons. The fraction of sp³-hybridized carbons (Fsp3) is 0.591. The van der Waals surface area contributed by atoms with Crippen LogP contribution in [0.1, 0.15) is 88.7 Å². The summed E-state index contributed by atoms with van der Waals surface area (Å²) in [6, 6.07) is 8.10. The lowest BCUT2D eigenvalue weighted by Gasteiger charge is -2.04. The summed E-state index contributed by atoms with van der Waals surface area (Å²) in [5, 5.41) is 8.82. The highest BCUT2D eigenvalue weighted by Gasteiger charge is 2.02. The second kappa shape index (κ2) is 13.8. The third-order valence-corrected chi connectivity index (χ3v) is 4.44.